The van der Waals surface area contributed by atoms with Gasteiger partial charge >= 0.3 is 0 Å². The van der Waals surface area contributed by atoms with Crippen LogP contribution in [-0.2, 0) is 0 Å². The summed E-state index contributed by atoms with van der Waals surface area (Å²) < 4.78 is 0. The van der Waals surface area contributed by atoms with E-state index < -0.39 is 0 Å². The van der Waals surface area contributed by atoms with E-state index in [9.17, 15) is 4.79 Å². The highest BCUT2D eigenvalue weighted by Gasteiger charge is 2.43. The third-order valence-corrected chi connectivity index (χ3v) is 6.49. The zero-order valence-electron chi connectivity index (χ0n) is 17.1. The molecule has 148 valence electrons. The molecule has 0 bridgehead atoms. The minimum absolute atomic E-state index is 0.0885. The molecule has 3 atom stereocenters. The number of likely N-dealkylation sites (tertiary alicyclic amines) is 2. The molecule has 2 saturated heterocycles. The van der Waals surface area contributed by atoms with Crippen LogP contribution in [0.5, 0.6) is 0 Å². The molecule has 3 heterocycles. The lowest BCUT2D eigenvalue weighted by Crippen LogP contribution is -2.58. The average Bonchev–Trinajstić information content (AvgIpc) is 2.92. The quantitative estimate of drug-likeness (QED) is 0.802. The van der Waals surface area contributed by atoms with Gasteiger partial charge < -0.3 is 9.80 Å². The van der Waals surface area contributed by atoms with Gasteiger partial charge in [0.25, 0.3) is 5.91 Å². The summed E-state index contributed by atoms with van der Waals surface area (Å²) in [6.07, 6.45) is 6.16. The van der Waals surface area contributed by atoms with Gasteiger partial charge in [-0.15, -0.1) is 0 Å². The molecule has 2 aliphatic heterocycles. The molecule has 0 radical (unpaired) electrons. The van der Waals surface area contributed by atoms with Crippen molar-refractivity contribution in [3.8, 4) is 0 Å². The maximum Gasteiger partial charge on any atom is 0.257 e. The average molecular weight is 379 g/mol. The fourth-order valence-electron chi connectivity index (χ4n) is 5.06. The lowest BCUT2D eigenvalue weighted by molar-refractivity contribution is 0.0345. The summed E-state index contributed by atoms with van der Waals surface area (Å²) in [6.45, 7) is 5.67. The second-order valence-corrected chi connectivity index (χ2v) is 8.26. The van der Waals surface area contributed by atoms with Crippen molar-refractivity contribution in [2.45, 2.75) is 57.5 Å². The van der Waals surface area contributed by atoms with Crippen molar-refractivity contribution in [2.75, 3.05) is 20.1 Å². The first-order chi connectivity index (χ1) is 13.6. The monoisotopic (exact) mass is 378 g/mol. The van der Waals surface area contributed by atoms with Crippen molar-refractivity contribution in [1.82, 2.24) is 19.8 Å². The fourth-order valence-corrected chi connectivity index (χ4v) is 5.06. The van der Waals surface area contributed by atoms with Gasteiger partial charge in [-0.25, -0.2) is 9.97 Å². The van der Waals surface area contributed by atoms with Gasteiger partial charge in [0.15, 0.2) is 0 Å². The Labute approximate surface area is 167 Å². The molecule has 28 heavy (non-hydrogen) atoms. The molecule has 5 heteroatoms. The van der Waals surface area contributed by atoms with Crippen LogP contribution in [0.4, 0.5) is 0 Å². The van der Waals surface area contributed by atoms with Gasteiger partial charge in [0, 0.05) is 24.7 Å². The van der Waals surface area contributed by atoms with Gasteiger partial charge in [-0.3, -0.25) is 4.79 Å². The smallest absolute Gasteiger partial charge is 0.257 e. The molecule has 5 nitrogen and oxygen atoms in total. The van der Waals surface area contributed by atoms with E-state index in [2.05, 4.69) is 57.1 Å². The summed E-state index contributed by atoms with van der Waals surface area (Å²) in [5.74, 6) is 1.17. The van der Waals surface area contributed by atoms with E-state index in [1.807, 2.05) is 13.8 Å². The van der Waals surface area contributed by atoms with E-state index in [0.29, 0.717) is 23.3 Å². The van der Waals surface area contributed by atoms with E-state index in [1.165, 1.54) is 12.0 Å². The number of hydrogen-bond acceptors (Lipinski definition) is 4. The third-order valence-electron chi connectivity index (χ3n) is 6.49. The normalized spacial score (nSPS) is 25.8. The first-order valence-electron chi connectivity index (χ1n) is 10.4. The molecular formula is C23H30N4O. The summed E-state index contributed by atoms with van der Waals surface area (Å²) in [6, 6.07) is 11.3. The topological polar surface area (TPSA) is 49.3 Å². The maximum absolute atomic E-state index is 13.7. The van der Waals surface area contributed by atoms with Crippen LogP contribution in [0.2, 0.25) is 0 Å². The summed E-state index contributed by atoms with van der Waals surface area (Å²) in [4.78, 5) is 27.0. The van der Waals surface area contributed by atoms with Crippen molar-refractivity contribution in [1.29, 1.82) is 0 Å². The Kier molecular flexibility index (Phi) is 5.44. The van der Waals surface area contributed by atoms with Crippen LogP contribution in [0.1, 0.15) is 59.0 Å². The van der Waals surface area contributed by atoms with Gasteiger partial charge in [-0.1, -0.05) is 36.8 Å². The molecule has 0 N–H and O–H groups in total. The molecular weight excluding hydrogens is 348 g/mol. The second kappa shape index (κ2) is 8.00. The molecule has 0 saturated carbocycles. The van der Waals surface area contributed by atoms with Crippen LogP contribution in [0.15, 0.2) is 36.5 Å². The highest BCUT2D eigenvalue weighted by Crippen LogP contribution is 2.38. The van der Waals surface area contributed by atoms with E-state index in [1.54, 1.807) is 6.20 Å². The first kappa shape index (κ1) is 19.1. The van der Waals surface area contributed by atoms with Crippen LogP contribution in [0, 0.1) is 13.8 Å². The van der Waals surface area contributed by atoms with E-state index in [4.69, 9.17) is 0 Å². The Bertz CT molecular complexity index is 838. The molecule has 2 aliphatic rings. The predicted molar refractivity (Wildman–Crippen MR) is 110 cm³/mol. The van der Waals surface area contributed by atoms with Crippen molar-refractivity contribution < 1.29 is 4.79 Å². The summed E-state index contributed by atoms with van der Waals surface area (Å²) in [7, 11) is 2.22. The van der Waals surface area contributed by atoms with Crippen LogP contribution in [0.3, 0.4) is 0 Å². The van der Waals surface area contributed by atoms with Crippen LogP contribution >= 0.6 is 0 Å². The first-order valence-corrected chi connectivity index (χ1v) is 10.4. The molecule has 4 rings (SSSR count). The third kappa shape index (κ3) is 3.55. The standard InChI is InChI=1S/C23H30N4O/c1-16-20(15-24-17(2)25-16)23(28)27-13-8-7-11-21-22(27)19(12-14-26(21)3)18-9-5-4-6-10-18/h4-6,9-10,15,19,21-22H,7-8,11-14H2,1-3H3/t19-,21-,22-/m1/s1. The SMILES string of the molecule is Cc1ncc(C(=O)N2CCCC[C@@H]3[C@H]2[C@@H](c2ccccc2)CCN3C)c(C)n1. The number of aryl methyl sites for hydroxylation is 2. The second-order valence-electron chi connectivity index (χ2n) is 8.26. The Hall–Kier alpha value is -2.27. The molecule has 0 spiro atoms. The summed E-state index contributed by atoms with van der Waals surface area (Å²) in [5, 5.41) is 0. The van der Waals surface area contributed by atoms with Gasteiger partial charge in [-0.2, -0.15) is 0 Å². The highest BCUT2D eigenvalue weighted by molar-refractivity contribution is 5.95. The van der Waals surface area contributed by atoms with E-state index >= 15 is 0 Å². The minimum atomic E-state index is 0.0885. The van der Waals surface area contributed by atoms with Crippen LogP contribution < -0.4 is 0 Å². The van der Waals surface area contributed by atoms with Crippen molar-refractivity contribution in [3.63, 3.8) is 0 Å². The van der Waals surface area contributed by atoms with Crippen molar-refractivity contribution >= 4 is 5.91 Å². The summed E-state index contributed by atoms with van der Waals surface area (Å²) in [5.41, 5.74) is 2.77. The molecule has 2 aromatic rings. The van der Waals surface area contributed by atoms with E-state index in [0.717, 1.165) is 38.0 Å². The zero-order valence-corrected chi connectivity index (χ0v) is 17.1. The number of piperidine rings is 1. The molecule has 0 aliphatic carbocycles. The molecule has 1 amide bonds. The Morgan fingerprint density at radius 1 is 1.07 bits per heavy atom. The van der Waals surface area contributed by atoms with Crippen LogP contribution in [-0.4, -0.2) is 57.9 Å². The van der Waals surface area contributed by atoms with Gasteiger partial charge in [-0.05, 0) is 52.3 Å². The number of amides is 1. The van der Waals surface area contributed by atoms with Gasteiger partial charge in [0.1, 0.15) is 5.82 Å². The fraction of sp³-hybridized carbons (Fsp3) is 0.522. The number of carbonyl (C=O) groups excluding carboxylic acids is 1. The lowest BCUT2D eigenvalue weighted by atomic mass is 9.79. The number of carbonyl (C=O) groups is 1. The highest BCUT2D eigenvalue weighted by atomic mass is 16.2. The Morgan fingerprint density at radius 3 is 2.61 bits per heavy atom. The lowest BCUT2D eigenvalue weighted by Gasteiger charge is -2.48. The number of hydrogen-bond donors (Lipinski definition) is 0. The van der Waals surface area contributed by atoms with Crippen molar-refractivity contribution in [3.05, 3.63) is 59.2 Å². The largest absolute Gasteiger partial charge is 0.333 e. The summed E-state index contributed by atoms with van der Waals surface area (Å²) >= 11 is 0. The Morgan fingerprint density at radius 2 is 1.86 bits per heavy atom. The number of rotatable bonds is 2. The van der Waals surface area contributed by atoms with Crippen molar-refractivity contribution in [2.24, 2.45) is 0 Å². The molecule has 1 aromatic carbocycles. The molecule has 2 fully saturated rings. The van der Waals surface area contributed by atoms with Crippen LogP contribution in [0.25, 0.3) is 0 Å². The Balaban J connectivity index is 1.74. The van der Waals surface area contributed by atoms with Gasteiger partial charge in [0.05, 0.1) is 17.3 Å². The number of aromatic nitrogens is 2. The maximum atomic E-state index is 13.7. The number of likely N-dealkylation sites (N-methyl/N-ethyl adjacent to an activating group) is 1. The minimum Gasteiger partial charge on any atom is -0.333 e. The van der Waals surface area contributed by atoms with Gasteiger partial charge in [0.2, 0.25) is 0 Å². The number of nitrogens with zero attached hydrogens (tertiary/aromatic N) is 4. The zero-order chi connectivity index (χ0) is 19.7. The van der Waals surface area contributed by atoms with E-state index in [-0.39, 0.29) is 11.9 Å². The predicted octanol–water partition coefficient (Wildman–Crippen LogP) is 3.58. The number of fused-ring (bicyclic) bond motifs is 1. The molecule has 0 unspecified atom stereocenters. The molecule has 1 aromatic heterocycles. The number of benzene rings is 1.